The maximum atomic E-state index is 12.9. The van der Waals surface area contributed by atoms with Crippen LogP contribution in [0.4, 0.5) is 0 Å². The minimum Gasteiger partial charge on any atom is -0.461 e. The van der Waals surface area contributed by atoms with E-state index in [4.69, 9.17) is 9.47 Å². The highest BCUT2D eigenvalue weighted by molar-refractivity contribution is 5.89. The molecule has 4 nitrogen and oxygen atoms in total. The fourth-order valence-corrected chi connectivity index (χ4v) is 6.18. The fraction of sp³-hybridized carbons (Fsp3) is 0.576. The standard InChI is InChI=1S/C33H44O4/c34-31(29-17-9-3-10-18-29)36-25-33(23-21-27-13-5-1-6-14-27,24-22-28-15-7-2-8-16-28)26-37-32(35)30-19-11-4-12-20-30/h3-4,9-12,17-20,27-28H,1-2,5-8,13-16,21-26H2. The Morgan fingerprint density at radius 2 is 0.973 bits per heavy atom. The van der Waals surface area contributed by atoms with E-state index in [0.717, 1.165) is 37.5 Å². The van der Waals surface area contributed by atoms with Crippen molar-refractivity contribution in [1.29, 1.82) is 0 Å². The summed E-state index contributed by atoms with van der Waals surface area (Å²) in [6.07, 6.45) is 17.1. The van der Waals surface area contributed by atoms with Crippen molar-refractivity contribution in [2.24, 2.45) is 17.3 Å². The van der Waals surface area contributed by atoms with Gasteiger partial charge < -0.3 is 9.47 Å². The van der Waals surface area contributed by atoms with Crippen LogP contribution in [0.25, 0.3) is 0 Å². The van der Waals surface area contributed by atoms with E-state index in [1.165, 1.54) is 64.2 Å². The van der Waals surface area contributed by atoms with Crippen LogP contribution in [0.15, 0.2) is 60.7 Å². The molecular formula is C33H44O4. The Kier molecular flexibility index (Phi) is 10.6. The number of hydrogen-bond donors (Lipinski definition) is 0. The number of ether oxygens (including phenoxy) is 2. The van der Waals surface area contributed by atoms with Gasteiger partial charge in [0.2, 0.25) is 0 Å². The molecule has 37 heavy (non-hydrogen) atoms. The molecule has 2 aliphatic rings. The number of benzene rings is 2. The van der Waals surface area contributed by atoms with E-state index in [1.54, 1.807) is 24.3 Å². The van der Waals surface area contributed by atoms with E-state index >= 15 is 0 Å². The van der Waals surface area contributed by atoms with Crippen molar-refractivity contribution < 1.29 is 19.1 Å². The topological polar surface area (TPSA) is 52.6 Å². The summed E-state index contributed by atoms with van der Waals surface area (Å²) in [6, 6.07) is 18.4. The van der Waals surface area contributed by atoms with Gasteiger partial charge in [-0.1, -0.05) is 101 Å². The summed E-state index contributed by atoms with van der Waals surface area (Å²) in [5, 5.41) is 0. The highest BCUT2D eigenvalue weighted by Gasteiger charge is 2.36. The second kappa shape index (κ2) is 14.4. The van der Waals surface area contributed by atoms with Crippen molar-refractivity contribution in [3.8, 4) is 0 Å². The summed E-state index contributed by atoms with van der Waals surface area (Å²) in [6.45, 7) is 0.588. The zero-order chi connectivity index (χ0) is 25.8. The van der Waals surface area contributed by atoms with Crippen LogP contribution in [0.5, 0.6) is 0 Å². The molecule has 0 unspecified atom stereocenters. The molecular weight excluding hydrogens is 460 g/mol. The van der Waals surface area contributed by atoms with E-state index in [1.807, 2.05) is 36.4 Å². The molecule has 0 atom stereocenters. The van der Waals surface area contributed by atoms with Crippen LogP contribution in [0.2, 0.25) is 0 Å². The predicted molar refractivity (Wildman–Crippen MR) is 147 cm³/mol. The molecule has 0 radical (unpaired) electrons. The van der Waals surface area contributed by atoms with Crippen molar-refractivity contribution in [2.45, 2.75) is 89.9 Å². The van der Waals surface area contributed by atoms with Gasteiger partial charge in [-0.2, -0.15) is 0 Å². The van der Waals surface area contributed by atoms with Crippen molar-refractivity contribution in [3.63, 3.8) is 0 Å². The summed E-state index contributed by atoms with van der Waals surface area (Å²) in [5.74, 6) is 0.847. The summed E-state index contributed by atoms with van der Waals surface area (Å²) in [7, 11) is 0. The van der Waals surface area contributed by atoms with Crippen molar-refractivity contribution in [3.05, 3.63) is 71.8 Å². The van der Waals surface area contributed by atoms with Gasteiger partial charge in [-0.05, 0) is 61.8 Å². The molecule has 0 aliphatic heterocycles. The third-order valence-corrected chi connectivity index (χ3v) is 8.65. The minimum absolute atomic E-state index is 0.294. The van der Waals surface area contributed by atoms with Crippen LogP contribution in [-0.4, -0.2) is 25.2 Å². The molecule has 2 aromatic carbocycles. The molecule has 0 amide bonds. The highest BCUT2D eigenvalue weighted by Crippen LogP contribution is 2.39. The van der Waals surface area contributed by atoms with E-state index in [2.05, 4.69) is 0 Å². The zero-order valence-corrected chi connectivity index (χ0v) is 22.4. The van der Waals surface area contributed by atoms with Gasteiger partial charge in [-0.15, -0.1) is 0 Å². The molecule has 0 aromatic heterocycles. The second-order valence-electron chi connectivity index (χ2n) is 11.5. The summed E-state index contributed by atoms with van der Waals surface area (Å²) in [5.41, 5.74) is 0.776. The lowest BCUT2D eigenvalue weighted by Crippen LogP contribution is -2.36. The number of carbonyl (C=O) groups is 2. The molecule has 0 N–H and O–H groups in total. The lowest BCUT2D eigenvalue weighted by Gasteiger charge is -2.36. The highest BCUT2D eigenvalue weighted by atomic mass is 16.5. The third kappa shape index (κ3) is 8.72. The fourth-order valence-electron chi connectivity index (χ4n) is 6.18. The van der Waals surface area contributed by atoms with E-state index < -0.39 is 0 Å². The molecule has 0 saturated heterocycles. The SMILES string of the molecule is O=C(OCC(CCC1CCCCC1)(CCC1CCCCC1)COC(=O)c1ccccc1)c1ccccc1. The van der Waals surface area contributed by atoms with Gasteiger partial charge in [0.25, 0.3) is 0 Å². The Morgan fingerprint density at radius 3 is 1.35 bits per heavy atom. The van der Waals surface area contributed by atoms with Crippen molar-refractivity contribution in [2.75, 3.05) is 13.2 Å². The molecule has 0 bridgehead atoms. The molecule has 2 aliphatic carbocycles. The Hall–Kier alpha value is -2.62. The van der Waals surface area contributed by atoms with E-state index in [-0.39, 0.29) is 17.4 Å². The lowest BCUT2D eigenvalue weighted by atomic mass is 9.73. The van der Waals surface area contributed by atoms with Crippen LogP contribution in [0.1, 0.15) is 111 Å². The first-order valence-electron chi connectivity index (χ1n) is 14.6. The van der Waals surface area contributed by atoms with Crippen LogP contribution in [0, 0.1) is 17.3 Å². The number of esters is 2. The van der Waals surface area contributed by atoms with Crippen LogP contribution in [0.3, 0.4) is 0 Å². The van der Waals surface area contributed by atoms with Crippen LogP contribution >= 0.6 is 0 Å². The molecule has 4 rings (SSSR count). The lowest BCUT2D eigenvalue weighted by molar-refractivity contribution is -0.0178. The molecule has 2 fully saturated rings. The minimum atomic E-state index is -0.357. The predicted octanol–water partition coefficient (Wildman–Crippen LogP) is 8.41. The quantitative estimate of drug-likeness (QED) is 0.272. The van der Waals surface area contributed by atoms with Crippen molar-refractivity contribution in [1.82, 2.24) is 0 Å². The number of hydrogen-bond acceptors (Lipinski definition) is 4. The first kappa shape index (κ1) is 27.4. The third-order valence-electron chi connectivity index (χ3n) is 8.65. The van der Waals surface area contributed by atoms with E-state index in [9.17, 15) is 9.59 Å². The van der Waals surface area contributed by atoms with Crippen LogP contribution < -0.4 is 0 Å². The Balaban J connectivity index is 1.49. The Labute approximate surface area is 223 Å². The largest absolute Gasteiger partial charge is 0.461 e. The average molecular weight is 505 g/mol. The monoisotopic (exact) mass is 504 g/mol. The van der Waals surface area contributed by atoms with Gasteiger partial charge in [0, 0.05) is 5.41 Å². The van der Waals surface area contributed by atoms with Gasteiger partial charge in [-0.3, -0.25) is 0 Å². The normalized spacial score (nSPS) is 17.3. The van der Waals surface area contributed by atoms with Crippen LogP contribution in [-0.2, 0) is 9.47 Å². The smallest absolute Gasteiger partial charge is 0.338 e. The first-order valence-corrected chi connectivity index (χ1v) is 14.6. The summed E-state index contributed by atoms with van der Waals surface area (Å²) >= 11 is 0. The molecule has 0 heterocycles. The van der Waals surface area contributed by atoms with Gasteiger partial charge in [-0.25, -0.2) is 9.59 Å². The average Bonchev–Trinajstić information content (AvgIpc) is 2.98. The number of rotatable bonds is 12. The Morgan fingerprint density at radius 1 is 0.595 bits per heavy atom. The second-order valence-corrected chi connectivity index (χ2v) is 11.5. The molecule has 2 saturated carbocycles. The molecule has 200 valence electrons. The van der Waals surface area contributed by atoms with E-state index in [0.29, 0.717) is 24.3 Å². The molecule has 2 aromatic rings. The number of carbonyl (C=O) groups excluding carboxylic acids is 2. The van der Waals surface area contributed by atoms with Crippen molar-refractivity contribution >= 4 is 11.9 Å². The summed E-state index contributed by atoms with van der Waals surface area (Å²) < 4.78 is 12.0. The van der Waals surface area contributed by atoms with Gasteiger partial charge in [0.05, 0.1) is 11.1 Å². The maximum Gasteiger partial charge on any atom is 0.338 e. The molecule has 0 spiro atoms. The summed E-state index contributed by atoms with van der Waals surface area (Å²) in [4.78, 5) is 25.9. The van der Waals surface area contributed by atoms with Gasteiger partial charge in [0.15, 0.2) is 0 Å². The van der Waals surface area contributed by atoms with Gasteiger partial charge in [0.1, 0.15) is 13.2 Å². The van der Waals surface area contributed by atoms with Gasteiger partial charge >= 0.3 is 11.9 Å². The zero-order valence-electron chi connectivity index (χ0n) is 22.4. The maximum absolute atomic E-state index is 12.9. The molecule has 4 heteroatoms. The first-order chi connectivity index (χ1) is 18.1. The Bertz CT molecular complexity index is 863.